The number of nitrogens with zero attached hydrogens (tertiary/aromatic N) is 11. The van der Waals surface area contributed by atoms with Crippen molar-refractivity contribution in [2.45, 2.75) is 72.1 Å². The largest absolute Gasteiger partial charge is 0.322 e. The Morgan fingerprint density at radius 3 is 1.12 bits per heavy atom. The van der Waals surface area contributed by atoms with Gasteiger partial charge in [-0.2, -0.15) is 0 Å². The van der Waals surface area contributed by atoms with E-state index in [2.05, 4.69) is 46.2 Å². The molecular weight excluding hydrogens is 1850 g/mol. The maximum Gasteiger partial charge on any atom is 0.257 e. The molecule has 27 nitrogen and oxygen atoms in total. The van der Waals surface area contributed by atoms with E-state index in [1.807, 2.05) is 166 Å². The lowest BCUT2D eigenvalue weighted by atomic mass is 10.0. The predicted octanol–water partition coefficient (Wildman–Crippen LogP) is 20.8. The van der Waals surface area contributed by atoms with Gasteiger partial charge in [-0.25, -0.2) is 48.6 Å². The second kappa shape index (κ2) is 41.0. The number of nitrogens with one attached hydrogen (secondary N) is 4. The van der Waals surface area contributed by atoms with E-state index in [1.54, 1.807) is 134 Å². The van der Waals surface area contributed by atoms with Gasteiger partial charge in [-0.3, -0.25) is 56.3 Å². The van der Waals surface area contributed by atoms with Crippen LogP contribution in [0.1, 0.15) is 109 Å². The van der Waals surface area contributed by atoms with Gasteiger partial charge in [0.05, 0.1) is 106 Å². The first-order chi connectivity index (χ1) is 66.0. The van der Waals surface area contributed by atoms with Crippen LogP contribution in [-0.2, 0) is 40.1 Å². The average Bonchev–Trinajstić information content (AvgIpc) is 0.838. The number of aromatic nitrogens is 7. The molecule has 4 fully saturated rings. The van der Waals surface area contributed by atoms with Gasteiger partial charge in [-0.15, -0.1) is 0 Å². The van der Waals surface area contributed by atoms with Gasteiger partial charge >= 0.3 is 0 Å². The molecule has 0 unspecified atom stereocenters. The zero-order valence-electron chi connectivity index (χ0n) is 74.7. The molecule has 0 atom stereocenters. The van der Waals surface area contributed by atoms with Crippen molar-refractivity contribution in [3.05, 3.63) is 341 Å². The zero-order chi connectivity index (χ0) is 95.7. The topological polar surface area (TPSA) is 356 Å². The number of pyridine rings is 7. The average molecular weight is 1940 g/mol. The van der Waals surface area contributed by atoms with E-state index >= 15 is 0 Å². The number of benzene rings is 9. The molecule has 0 saturated carbocycles. The number of aryl methyl sites for hydroxylation is 3. The number of carbonyl (C=O) groups excluding carboxylic acids is 4. The molecule has 0 radical (unpaired) electrons. The number of amides is 4. The highest BCUT2D eigenvalue weighted by Gasteiger charge is 2.32. The Bertz CT molecular complexity index is 7610. The Morgan fingerprint density at radius 1 is 0.307 bits per heavy atom. The van der Waals surface area contributed by atoms with E-state index in [0.717, 1.165) is 120 Å². The van der Waals surface area contributed by atoms with Crippen molar-refractivity contribution in [2.24, 2.45) is 0 Å². The lowest BCUT2D eigenvalue weighted by Crippen LogP contribution is -2.37. The minimum atomic E-state index is -3.37. The minimum Gasteiger partial charge on any atom is -0.322 e. The maximum atomic E-state index is 13.0. The quantitative estimate of drug-likeness (QED) is 0.0698. The third-order valence-corrected chi connectivity index (χ3v) is 32.2. The molecule has 137 heavy (non-hydrogen) atoms. The molecule has 4 aliphatic rings. The molecule has 0 spiro atoms. The van der Waals surface area contributed by atoms with Gasteiger partial charge in [0, 0.05) is 147 Å². The number of hydrogen-bond donors (Lipinski definition) is 4. The molecule has 9 aromatic carbocycles. The van der Waals surface area contributed by atoms with Gasteiger partial charge in [0.2, 0.25) is 40.1 Å². The molecule has 694 valence electrons. The molecule has 4 aliphatic heterocycles. The molecule has 7 aromatic heterocycles. The minimum absolute atomic E-state index is 0.106. The summed E-state index contributed by atoms with van der Waals surface area (Å²) in [6.07, 6.45) is 16.4. The van der Waals surface area contributed by atoms with Crippen LogP contribution < -0.4 is 38.5 Å². The molecule has 4 N–H and O–H groups in total. The SMILES string of the molecule is Cc1ccc(NC(=O)c2ccc(N3CCCCS3(=O)=O)cc2)cc1-c1ccc2ccccc2n1.Cc1ccc(NC(=O)c2ccc(N3CCCCS3(=O)=O)cc2)cc1-c1ccc2cnccc2n1.Cc1ccc(NC(=O)c2ccc(N3CCCCS3(=O)=O)cc2)cc1-c1nccc2ncccc12.O=C(Nc1ccc(Cl)c(-c2ccc3cnccc3n2)c1)c1ccc(N2CCCCS2(=O)=O)cc1Cl. The number of halogens is 2. The number of fused-ring (bicyclic) bond motifs is 4. The Kier molecular flexibility index (Phi) is 28.2. The lowest BCUT2D eigenvalue weighted by Gasteiger charge is -2.28. The van der Waals surface area contributed by atoms with Crippen molar-refractivity contribution in [1.82, 2.24) is 34.9 Å². The van der Waals surface area contributed by atoms with Crippen LogP contribution in [0.25, 0.3) is 88.6 Å². The second-order valence-corrected chi connectivity index (χ2v) is 42.3. The molecule has 11 heterocycles. The van der Waals surface area contributed by atoms with Crippen LogP contribution in [0, 0.1) is 20.8 Å². The molecule has 4 saturated heterocycles. The Balaban J connectivity index is 0.000000127. The van der Waals surface area contributed by atoms with Crippen LogP contribution in [-0.4, -0.2) is 141 Å². The van der Waals surface area contributed by atoms with E-state index in [-0.39, 0.29) is 51.3 Å². The fourth-order valence-electron chi connectivity index (χ4n) is 16.7. The van der Waals surface area contributed by atoms with E-state index in [0.29, 0.717) is 130 Å². The van der Waals surface area contributed by atoms with Gasteiger partial charge in [0.25, 0.3) is 23.6 Å². The lowest BCUT2D eigenvalue weighted by molar-refractivity contribution is 0.101. The van der Waals surface area contributed by atoms with Crippen LogP contribution in [0.2, 0.25) is 10.0 Å². The summed E-state index contributed by atoms with van der Waals surface area (Å²) in [5, 5.41) is 16.2. The first kappa shape index (κ1) is 94.3. The van der Waals surface area contributed by atoms with Crippen LogP contribution in [0.3, 0.4) is 0 Å². The van der Waals surface area contributed by atoms with Crippen LogP contribution in [0.15, 0.2) is 292 Å². The molecule has 20 rings (SSSR count). The maximum absolute atomic E-state index is 13.0. The van der Waals surface area contributed by atoms with Crippen molar-refractivity contribution in [3.8, 4) is 45.0 Å². The number of sulfonamides is 4. The zero-order valence-corrected chi connectivity index (χ0v) is 79.5. The second-order valence-electron chi connectivity index (χ2n) is 33.4. The van der Waals surface area contributed by atoms with Gasteiger partial charge in [-0.05, 0) is 301 Å². The van der Waals surface area contributed by atoms with Gasteiger partial charge < -0.3 is 21.3 Å². The van der Waals surface area contributed by atoms with E-state index < -0.39 is 46.0 Å². The summed E-state index contributed by atoms with van der Waals surface area (Å²) < 4.78 is 104. The summed E-state index contributed by atoms with van der Waals surface area (Å²) in [6.45, 7) is 7.85. The molecular formula is C104H93Cl2N15O12S4. The van der Waals surface area contributed by atoms with Crippen LogP contribution in [0.5, 0.6) is 0 Å². The number of hydrogen-bond acceptors (Lipinski definition) is 19. The fraction of sp³-hybridized carbons (Fsp3) is 0.183. The summed E-state index contributed by atoms with van der Waals surface area (Å²) in [4.78, 5) is 83.0. The van der Waals surface area contributed by atoms with Crippen molar-refractivity contribution < 1.29 is 52.8 Å². The smallest absolute Gasteiger partial charge is 0.257 e. The highest BCUT2D eigenvalue weighted by atomic mass is 35.5. The van der Waals surface area contributed by atoms with Crippen LogP contribution in [0.4, 0.5) is 45.5 Å². The highest BCUT2D eigenvalue weighted by Crippen LogP contribution is 2.38. The van der Waals surface area contributed by atoms with E-state index in [9.17, 15) is 52.8 Å². The number of para-hydroxylation sites is 1. The molecule has 16 aromatic rings. The molecule has 4 amide bonds. The third-order valence-electron chi connectivity index (χ3n) is 24.0. The number of carbonyl (C=O) groups is 4. The highest BCUT2D eigenvalue weighted by molar-refractivity contribution is 7.93. The van der Waals surface area contributed by atoms with E-state index in [4.69, 9.17) is 33.2 Å². The Labute approximate surface area is 803 Å². The summed E-state index contributed by atoms with van der Waals surface area (Å²) in [5.41, 5.74) is 19.5. The third kappa shape index (κ3) is 21.9. The van der Waals surface area contributed by atoms with Crippen molar-refractivity contribution in [3.63, 3.8) is 0 Å². The van der Waals surface area contributed by atoms with E-state index in [1.165, 1.54) is 29.4 Å². The summed E-state index contributed by atoms with van der Waals surface area (Å²) in [7, 11) is -13.2. The van der Waals surface area contributed by atoms with Crippen molar-refractivity contribution >= 4 is 176 Å². The molecule has 0 bridgehead atoms. The van der Waals surface area contributed by atoms with Crippen LogP contribution >= 0.6 is 23.2 Å². The normalized spacial score (nSPS) is 15.2. The first-order valence-electron chi connectivity index (χ1n) is 44.5. The standard InChI is InChI=1S/C27H25N3O3S.2C26H24N4O3S.C25H20Cl2N4O3S/c1-19-8-12-22(18-24(19)26-15-11-20-6-2-3-7-25(20)29-26)28-27(31)21-9-13-23(14-10-21)30-16-4-5-17-34(30,32)33;1-18-4-8-21(16-23(18)25-11-7-20-17-27-13-12-24(20)29-25)28-26(31)19-5-9-22(10-6-19)30-14-2-3-15-34(30,32)33;1-18-6-9-20(17-23(18)25-22-5-4-13-27-24(22)12-14-28-25)29-26(31)19-7-10-21(11-8-19)30-15-2-3-16-34(30,32)33;26-21-7-4-17(13-20(21)24-8-3-16-15-28-10-9-23(16)30-24)29-25(32)19-6-5-18(14-22(19)27)31-11-1-2-12-35(31,33)34/h2-3,6-15,18H,4-5,16-17H2,1H3,(H,28,31);4-13,16-17H,2-3,14-15H2,1H3,(H,28,31);4-14,17H,2-3,15-16H2,1H3,(H,29,31);3-10,13-15H,1-2,11-12H2,(H,29,32). The monoisotopic (exact) mass is 1940 g/mol. The summed E-state index contributed by atoms with van der Waals surface area (Å²) in [6, 6.07) is 76.2. The first-order valence-corrected chi connectivity index (χ1v) is 51.7. The van der Waals surface area contributed by atoms with Gasteiger partial charge in [-0.1, -0.05) is 65.7 Å². The summed E-state index contributed by atoms with van der Waals surface area (Å²) in [5.74, 6) is -0.620. The van der Waals surface area contributed by atoms with Crippen molar-refractivity contribution in [1.29, 1.82) is 0 Å². The molecule has 0 aliphatic carbocycles. The Morgan fingerprint density at radius 2 is 0.679 bits per heavy atom. The summed E-state index contributed by atoms with van der Waals surface area (Å²) >= 11 is 12.8. The number of anilines is 8. The van der Waals surface area contributed by atoms with Gasteiger partial charge in [0.1, 0.15) is 0 Å². The number of rotatable bonds is 16. The van der Waals surface area contributed by atoms with Crippen molar-refractivity contribution in [2.75, 3.05) is 87.7 Å². The molecule has 33 heteroatoms. The predicted molar refractivity (Wildman–Crippen MR) is 545 cm³/mol. The Hall–Kier alpha value is -14.5. The fourth-order valence-corrected chi connectivity index (χ4v) is 23.7. The van der Waals surface area contributed by atoms with Gasteiger partial charge in [0.15, 0.2) is 0 Å².